The second-order valence-electron chi connectivity index (χ2n) is 6.93. The van der Waals surface area contributed by atoms with E-state index in [1.54, 1.807) is 6.33 Å². The molecule has 2 aromatic rings. The minimum Gasteiger partial charge on any atom is -0.364 e. The second kappa shape index (κ2) is 5.86. The van der Waals surface area contributed by atoms with E-state index in [1.807, 2.05) is 4.57 Å². The van der Waals surface area contributed by atoms with Crippen LogP contribution in [0.4, 0.5) is 5.82 Å². The molecule has 1 N–H and O–H groups in total. The Labute approximate surface area is 151 Å². The van der Waals surface area contributed by atoms with Crippen molar-refractivity contribution < 1.29 is 16.8 Å². The highest BCUT2D eigenvalue weighted by atomic mass is 32.2. The van der Waals surface area contributed by atoms with Crippen LogP contribution in [0.25, 0.3) is 11.2 Å². The molecule has 1 atom stereocenters. The molecule has 1 aliphatic heterocycles. The number of hydrogen-bond acceptors (Lipinski definition) is 8. The van der Waals surface area contributed by atoms with Gasteiger partial charge in [-0.3, -0.25) is 0 Å². The number of nitrogens with zero attached hydrogens (tertiary/aromatic N) is 5. The van der Waals surface area contributed by atoms with Gasteiger partial charge in [-0.25, -0.2) is 26.1 Å². The molecule has 2 aromatic heterocycles. The Morgan fingerprint density at radius 3 is 2.42 bits per heavy atom. The van der Waals surface area contributed by atoms with Gasteiger partial charge in [0.25, 0.3) is 5.16 Å². The van der Waals surface area contributed by atoms with E-state index >= 15 is 0 Å². The molecule has 0 spiro atoms. The molecule has 0 radical (unpaired) electrons. The van der Waals surface area contributed by atoms with Gasteiger partial charge in [-0.1, -0.05) is 0 Å². The minimum absolute atomic E-state index is 0.165. The molecule has 0 amide bonds. The lowest BCUT2D eigenvalue weighted by atomic mass is 10.2. The van der Waals surface area contributed by atoms with Crippen LogP contribution in [0.5, 0.6) is 0 Å². The first kappa shape index (κ1) is 17.6. The van der Waals surface area contributed by atoms with Crippen molar-refractivity contribution >= 4 is 36.8 Å². The molecule has 142 valence electrons. The Morgan fingerprint density at radius 2 is 1.85 bits per heavy atom. The normalized spacial score (nSPS) is 22.2. The first-order valence-corrected chi connectivity index (χ1v) is 12.0. The fourth-order valence-electron chi connectivity index (χ4n) is 3.12. The van der Waals surface area contributed by atoms with E-state index in [9.17, 15) is 16.8 Å². The van der Waals surface area contributed by atoms with Crippen LogP contribution in [-0.2, 0) is 19.9 Å². The van der Waals surface area contributed by atoms with Crippen LogP contribution in [0.1, 0.15) is 25.3 Å². The summed E-state index contributed by atoms with van der Waals surface area (Å²) >= 11 is 0. The fourth-order valence-corrected chi connectivity index (χ4v) is 4.52. The molecule has 1 saturated heterocycles. The lowest BCUT2D eigenvalue weighted by Gasteiger charge is -2.15. The Kier molecular flexibility index (Phi) is 3.97. The van der Waals surface area contributed by atoms with Gasteiger partial charge in [0.1, 0.15) is 0 Å². The molecule has 12 heteroatoms. The van der Waals surface area contributed by atoms with Crippen molar-refractivity contribution in [2.24, 2.45) is 0 Å². The van der Waals surface area contributed by atoms with Crippen LogP contribution in [-0.4, -0.2) is 72.3 Å². The number of imidazole rings is 1. The van der Waals surface area contributed by atoms with Crippen LogP contribution in [0.2, 0.25) is 0 Å². The van der Waals surface area contributed by atoms with Gasteiger partial charge in [-0.15, -0.1) is 0 Å². The van der Waals surface area contributed by atoms with Gasteiger partial charge in [0, 0.05) is 31.4 Å². The van der Waals surface area contributed by atoms with E-state index < -0.39 is 19.9 Å². The summed E-state index contributed by atoms with van der Waals surface area (Å²) in [6, 6.07) is 0.128. The number of sulfonamides is 1. The largest absolute Gasteiger partial charge is 0.364 e. The molecule has 1 aliphatic carbocycles. The third-order valence-corrected chi connectivity index (χ3v) is 6.75. The minimum atomic E-state index is -3.59. The molecule has 4 rings (SSSR count). The first-order valence-electron chi connectivity index (χ1n) is 8.29. The highest BCUT2D eigenvalue weighted by molar-refractivity contribution is 7.90. The van der Waals surface area contributed by atoms with Crippen LogP contribution in [0.3, 0.4) is 0 Å². The standard InChI is InChI=1S/C14H20N6O4S2/c1-25(21,22)14-17-12(16-9-5-6-19(7-9)26(2,23)24)11-13(18-14)20(8-15-11)10-3-4-10/h8-10H,3-7H2,1-2H3,(H,16,17,18)/t9-/m0/s1. The van der Waals surface area contributed by atoms with Crippen LogP contribution < -0.4 is 5.32 Å². The molecule has 26 heavy (non-hydrogen) atoms. The maximum atomic E-state index is 12.0. The summed E-state index contributed by atoms with van der Waals surface area (Å²) in [5.41, 5.74) is 0.991. The summed E-state index contributed by atoms with van der Waals surface area (Å²) < 4.78 is 50.7. The average Bonchev–Trinajstić information content (AvgIpc) is 3.08. The summed E-state index contributed by atoms with van der Waals surface area (Å²) in [5, 5.41) is 2.92. The Morgan fingerprint density at radius 1 is 1.12 bits per heavy atom. The zero-order valence-electron chi connectivity index (χ0n) is 14.5. The van der Waals surface area contributed by atoms with Gasteiger partial charge in [0.05, 0.1) is 12.6 Å². The number of fused-ring (bicyclic) bond motifs is 1. The van der Waals surface area contributed by atoms with Gasteiger partial charge in [-0.05, 0) is 19.3 Å². The molecule has 0 aromatic carbocycles. The summed E-state index contributed by atoms with van der Waals surface area (Å²) in [4.78, 5) is 12.7. The number of rotatable bonds is 5. The van der Waals surface area contributed by atoms with Crippen molar-refractivity contribution in [1.29, 1.82) is 0 Å². The molecule has 1 saturated carbocycles. The summed E-state index contributed by atoms with van der Waals surface area (Å²) in [7, 11) is -6.85. The fraction of sp³-hybridized carbons (Fsp3) is 0.643. The van der Waals surface area contributed by atoms with E-state index in [1.165, 1.54) is 10.6 Å². The molecular formula is C14H20N6O4S2. The Hall–Kier alpha value is -1.79. The zero-order chi connectivity index (χ0) is 18.7. The number of aromatic nitrogens is 4. The first-order chi connectivity index (χ1) is 12.1. The van der Waals surface area contributed by atoms with E-state index in [0.717, 1.165) is 19.1 Å². The second-order valence-corrected chi connectivity index (χ2v) is 10.8. The Balaban J connectivity index is 1.72. The van der Waals surface area contributed by atoms with E-state index in [2.05, 4.69) is 20.3 Å². The van der Waals surface area contributed by atoms with E-state index in [0.29, 0.717) is 42.5 Å². The zero-order valence-corrected chi connectivity index (χ0v) is 16.1. The van der Waals surface area contributed by atoms with Crippen molar-refractivity contribution in [3.8, 4) is 0 Å². The smallest absolute Gasteiger partial charge is 0.250 e. The summed E-state index contributed by atoms with van der Waals surface area (Å²) in [5.74, 6) is 0.329. The highest BCUT2D eigenvalue weighted by Crippen LogP contribution is 2.37. The molecule has 0 unspecified atom stereocenters. The van der Waals surface area contributed by atoms with Gasteiger partial charge < -0.3 is 9.88 Å². The van der Waals surface area contributed by atoms with Gasteiger partial charge in [-0.2, -0.15) is 9.97 Å². The number of anilines is 1. The summed E-state index contributed by atoms with van der Waals surface area (Å²) in [6.45, 7) is 0.724. The quantitative estimate of drug-likeness (QED) is 0.696. The molecular weight excluding hydrogens is 380 g/mol. The lowest BCUT2D eigenvalue weighted by molar-refractivity contribution is 0.480. The SMILES string of the molecule is CS(=O)(=O)c1nc(N[C@H]2CCN(S(C)(=O)=O)C2)c2ncn(C3CC3)c2n1. The highest BCUT2D eigenvalue weighted by Gasteiger charge is 2.31. The molecule has 2 fully saturated rings. The van der Waals surface area contributed by atoms with Crippen molar-refractivity contribution in [2.75, 3.05) is 30.9 Å². The number of nitrogens with one attached hydrogen (secondary N) is 1. The van der Waals surface area contributed by atoms with Crippen molar-refractivity contribution in [3.63, 3.8) is 0 Å². The Bertz CT molecular complexity index is 1070. The van der Waals surface area contributed by atoms with Gasteiger partial charge in [0.15, 0.2) is 17.0 Å². The monoisotopic (exact) mass is 400 g/mol. The molecule has 10 nitrogen and oxygen atoms in total. The third-order valence-electron chi connectivity index (χ3n) is 4.63. The van der Waals surface area contributed by atoms with Crippen LogP contribution in [0.15, 0.2) is 11.5 Å². The van der Waals surface area contributed by atoms with Gasteiger partial charge in [0.2, 0.25) is 19.9 Å². The predicted octanol–water partition coefficient (Wildman–Crippen LogP) is 0.0105. The summed E-state index contributed by atoms with van der Waals surface area (Å²) in [6.07, 6.45) is 6.53. The molecule has 2 aliphatic rings. The lowest BCUT2D eigenvalue weighted by Crippen LogP contribution is -2.31. The van der Waals surface area contributed by atoms with Crippen molar-refractivity contribution in [1.82, 2.24) is 23.8 Å². The van der Waals surface area contributed by atoms with Crippen molar-refractivity contribution in [3.05, 3.63) is 6.33 Å². The van der Waals surface area contributed by atoms with Gasteiger partial charge >= 0.3 is 0 Å². The number of sulfone groups is 1. The van der Waals surface area contributed by atoms with Crippen LogP contribution in [0, 0.1) is 0 Å². The van der Waals surface area contributed by atoms with E-state index in [4.69, 9.17) is 0 Å². The maximum Gasteiger partial charge on any atom is 0.250 e. The molecule has 3 heterocycles. The van der Waals surface area contributed by atoms with Crippen LogP contribution >= 0.6 is 0 Å². The third kappa shape index (κ3) is 3.28. The average molecular weight is 400 g/mol. The van der Waals surface area contributed by atoms with E-state index in [-0.39, 0.29) is 11.2 Å². The molecule has 0 bridgehead atoms. The topological polar surface area (TPSA) is 127 Å². The number of hydrogen-bond donors (Lipinski definition) is 1. The van der Waals surface area contributed by atoms with Crippen molar-refractivity contribution in [2.45, 2.75) is 36.5 Å². The predicted molar refractivity (Wildman–Crippen MR) is 95.1 cm³/mol. The maximum absolute atomic E-state index is 12.0.